The quantitative estimate of drug-likeness (QED) is 0.0966. The molecule has 0 heterocycles. The molecule has 0 aliphatic carbocycles. The molecule has 0 unspecified atom stereocenters. The van der Waals surface area contributed by atoms with Gasteiger partial charge in [-0.25, -0.2) is 0 Å². The first-order valence-corrected chi connectivity index (χ1v) is 17.8. The van der Waals surface area contributed by atoms with Crippen LogP contribution in [0.25, 0.3) is 12.2 Å². The monoisotopic (exact) mass is 724 g/mol. The van der Waals surface area contributed by atoms with Crippen molar-refractivity contribution in [2.75, 3.05) is 10.6 Å². The van der Waals surface area contributed by atoms with E-state index in [1.54, 1.807) is 109 Å². The van der Waals surface area contributed by atoms with Crippen LogP contribution in [0.1, 0.15) is 78.9 Å². The number of rotatable bonds is 12. The highest BCUT2D eigenvalue weighted by Crippen LogP contribution is 2.25. The minimum atomic E-state index is -0.366. The van der Waals surface area contributed by atoms with Gasteiger partial charge in [-0.2, -0.15) is 0 Å². The average Bonchev–Trinajstić information content (AvgIpc) is 3.20. The third kappa shape index (κ3) is 10.5. The Morgan fingerprint density at radius 2 is 0.982 bits per heavy atom. The molecule has 55 heavy (non-hydrogen) atoms. The van der Waals surface area contributed by atoms with Crippen molar-refractivity contribution in [3.63, 3.8) is 0 Å². The highest BCUT2D eigenvalue weighted by atomic mass is 16.5. The second-order valence-corrected chi connectivity index (χ2v) is 13.9. The fourth-order valence-electron chi connectivity index (χ4n) is 5.61. The largest absolute Gasteiger partial charge is 0.457 e. The van der Waals surface area contributed by atoms with Crippen LogP contribution in [0.2, 0.25) is 0 Å². The highest BCUT2D eigenvalue weighted by molar-refractivity contribution is 6.10. The van der Waals surface area contributed by atoms with Gasteiger partial charge in [-0.1, -0.05) is 118 Å². The van der Waals surface area contributed by atoms with Crippen molar-refractivity contribution in [3.05, 3.63) is 203 Å². The summed E-state index contributed by atoms with van der Waals surface area (Å²) < 4.78 is 6.00. The van der Waals surface area contributed by atoms with E-state index >= 15 is 0 Å². The Kier molecular flexibility index (Phi) is 11.7. The molecule has 2 N–H and O–H groups in total. The normalized spacial score (nSPS) is 11.3. The second-order valence-electron chi connectivity index (χ2n) is 13.9. The molecule has 6 aromatic rings. The summed E-state index contributed by atoms with van der Waals surface area (Å²) in [5, 5.41) is 5.71. The van der Waals surface area contributed by atoms with Crippen LogP contribution < -0.4 is 15.4 Å². The summed E-state index contributed by atoms with van der Waals surface area (Å²) in [5.74, 6) is -0.167. The molecule has 0 aliphatic rings. The number of anilines is 2. The van der Waals surface area contributed by atoms with Crippen molar-refractivity contribution in [2.45, 2.75) is 26.2 Å². The molecule has 7 heteroatoms. The van der Waals surface area contributed by atoms with Crippen molar-refractivity contribution in [3.8, 4) is 11.5 Å². The van der Waals surface area contributed by atoms with E-state index in [-0.39, 0.29) is 28.8 Å². The highest BCUT2D eigenvalue weighted by Gasteiger charge is 2.14. The Balaban J connectivity index is 1.03. The van der Waals surface area contributed by atoms with E-state index in [0.29, 0.717) is 45.1 Å². The number of hydrogen-bond acceptors (Lipinski definition) is 5. The molecule has 2 amide bonds. The molecular weight excluding hydrogens is 685 g/mol. The van der Waals surface area contributed by atoms with Gasteiger partial charge in [0.15, 0.2) is 11.6 Å². The summed E-state index contributed by atoms with van der Waals surface area (Å²) in [6, 6.07) is 44.5. The maximum atomic E-state index is 13.2. The lowest BCUT2D eigenvalue weighted by atomic mass is 9.87. The molecule has 0 fully saturated rings. The van der Waals surface area contributed by atoms with E-state index in [2.05, 4.69) is 43.5 Å². The summed E-state index contributed by atoms with van der Waals surface area (Å²) in [5.41, 5.74) is 5.75. The number of ketones is 2. The van der Waals surface area contributed by atoms with Crippen molar-refractivity contribution in [1.82, 2.24) is 0 Å². The number of benzene rings is 6. The van der Waals surface area contributed by atoms with Crippen molar-refractivity contribution in [2.24, 2.45) is 0 Å². The van der Waals surface area contributed by atoms with Crippen LogP contribution in [0.3, 0.4) is 0 Å². The maximum absolute atomic E-state index is 13.2. The van der Waals surface area contributed by atoms with Gasteiger partial charge in [0.1, 0.15) is 11.5 Å². The zero-order valence-corrected chi connectivity index (χ0v) is 30.8. The van der Waals surface area contributed by atoms with E-state index < -0.39 is 0 Å². The van der Waals surface area contributed by atoms with Gasteiger partial charge in [-0.05, 0) is 101 Å². The molecule has 272 valence electrons. The Hall–Kier alpha value is -7.12. The number of amides is 2. The molecule has 0 atom stereocenters. The minimum Gasteiger partial charge on any atom is -0.457 e. The van der Waals surface area contributed by atoms with E-state index in [1.807, 2.05) is 42.5 Å². The van der Waals surface area contributed by atoms with E-state index in [4.69, 9.17) is 4.74 Å². The first kappa shape index (κ1) is 37.6. The van der Waals surface area contributed by atoms with Crippen LogP contribution in [-0.4, -0.2) is 23.4 Å². The van der Waals surface area contributed by atoms with E-state index in [9.17, 15) is 19.2 Å². The number of carbonyl (C=O) groups excluding carboxylic acids is 4. The summed E-state index contributed by atoms with van der Waals surface area (Å²) in [7, 11) is 0. The molecule has 6 aromatic carbocycles. The van der Waals surface area contributed by atoms with Gasteiger partial charge in [0.2, 0.25) is 0 Å². The maximum Gasteiger partial charge on any atom is 0.255 e. The van der Waals surface area contributed by atoms with Crippen molar-refractivity contribution < 1.29 is 23.9 Å². The van der Waals surface area contributed by atoms with Gasteiger partial charge in [0.25, 0.3) is 11.8 Å². The van der Waals surface area contributed by atoms with Gasteiger partial charge in [-0.15, -0.1) is 0 Å². The van der Waals surface area contributed by atoms with Crippen molar-refractivity contribution in [1.29, 1.82) is 0 Å². The lowest BCUT2D eigenvalue weighted by Crippen LogP contribution is -2.12. The molecule has 7 nitrogen and oxygen atoms in total. The molecule has 0 bridgehead atoms. The number of ether oxygens (including phenoxy) is 1. The predicted molar refractivity (Wildman–Crippen MR) is 220 cm³/mol. The first-order chi connectivity index (χ1) is 26.5. The zero-order chi connectivity index (χ0) is 38.8. The SMILES string of the molecule is CC(C)(C)c1ccc(/C=C/C(=O)c2cccc(NC(=O)c3cccc(Oc4ccc(C(=O)Nc5cccc(C(=O)/C=C/c6ccccc6)c5)cc4)c3)c2)cc1. The minimum absolute atomic E-state index is 0.0494. The van der Waals surface area contributed by atoms with E-state index in [1.165, 1.54) is 17.7 Å². The van der Waals surface area contributed by atoms with Gasteiger partial charge < -0.3 is 15.4 Å². The molecule has 0 aliphatic heterocycles. The standard InChI is InChI=1S/C48H40N2O5/c1-48(2,3)39-24-18-34(19-25-39)21-29-45(52)37-13-8-16-41(31-37)50-47(54)38-14-9-17-43(32-38)55-42-26-22-35(23-27-42)46(53)49-40-15-7-12-36(30-40)44(51)28-20-33-10-5-4-6-11-33/h4-32H,1-3H3,(H,49,53)(H,50,54)/b28-20+,29-21+. The van der Waals surface area contributed by atoms with Crippen LogP contribution in [0.5, 0.6) is 11.5 Å². The topological polar surface area (TPSA) is 102 Å². The molecule has 0 radical (unpaired) electrons. The zero-order valence-electron chi connectivity index (χ0n) is 30.8. The lowest BCUT2D eigenvalue weighted by molar-refractivity contribution is 0.101. The number of hydrogen-bond donors (Lipinski definition) is 2. The van der Waals surface area contributed by atoms with Crippen LogP contribution in [-0.2, 0) is 5.41 Å². The molecule has 0 saturated heterocycles. The molecule has 0 spiro atoms. The second kappa shape index (κ2) is 17.1. The predicted octanol–water partition coefficient (Wildman–Crippen LogP) is 11.1. The fourth-order valence-corrected chi connectivity index (χ4v) is 5.61. The van der Waals surface area contributed by atoms with Gasteiger partial charge in [-0.3, -0.25) is 19.2 Å². The number of carbonyl (C=O) groups is 4. The Morgan fingerprint density at radius 1 is 0.473 bits per heavy atom. The van der Waals surface area contributed by atoms with Gasteiger partial charge >= 0.3 is 0 Å². The van der Waals surface area contributed by atoms with E-state index in [0.717, 1.165) is 11.1 Å². The fraction of sp³-hybridized carbons (Fsp3) is 0.0833. The summed E-state index contributed by atoms with van der Waals surface area (Å²) in [4.78, 5) is 51.9. The Morgan fingerprint density at radius 3 is 1.55 bits per heavy atom. The summed E-state index contributed by atoms with van der Waals surface area (Å²) >= 11 is 0. The Bertz CT molecular complexity index is 2390. The van der Waals surface area contributed by atoms with Crippen LogP contribution in [0, 0.1) is 0 Å². The first-order valence-electron chi connectivity index (χ1n) is 17.8. The third-order valence-electron chi connectivity index (χ3n) is 8.69. The average molecular weight is 725 g/mol. The summed E-state index contributed by atoms with van der Waals surface area (Å²) in [6.45, 7) is 6.47. The van der Waals surface area contributed by atoms with Crippen molar-refractivity contribution >= 4 is 46.9 Å². The molecular formula is C48H40N2O5. The number of nitrogens with one attached hydrogen (secondary N) is 2. The molecule has 0 aromatic heterocycles. The van der Waals surface area contributed by atoms with Crippen LogP contribution >= 0.6 is 0 Å². The van der Waals surface area contributed by atoms with Gasteiger partial charge in [0.05, 0.1) is 0 Å². The van der Waals surface area contributed by atoms with Crippen LogP contribution in [0.4, 0.5) is 11.4 Å². The molecule has 6 rings (SSSR count). The summed E-state index contributed by atoms with van der Waals surface area (Å²) in [6.07, 6.45) is 6.57. The van der Waals surface area contributed by atoms with Crippen LogP contribution in [0.15, 0.2) is 164 Å². The lowest BCUT2D eigenvalue weighted by Gasteiger charge is -2.18. The molecule has 0 saturated carbocycles. The number of allylic oxidation sites excluding steroid dienone is 2. The van der Waals surface area contributed by atoms with Gasteiger partial charge in [0, 0.05) is 33.6 Å². The Labute approximate surface area is 321 Å². The third-order valence-corrected chi connectivity index (χ3v) is 8.69. The smallest absolute Gasteiger partial charge is 0.255 e.